The Morgan fingerprint density at radius 3 is 1.92 bits per heavy atom. The minimum absolute atomic E-state index is 0.0111. The number of aliphatic hydroxyl groups is 2. The summed E-state index contributed by atoms with van der Waals surface area (Å²) in [5, 5.41) is 20.5. The Balaban J connectivity index is 3.34. The molecular weight excluding hydrogens is 338 g/mol. The maximum Gasteiger partial charge on any atom is 0.305 e. The SMILES string of the molecule is COC(=O)CCCCCCCCCCC(=O)NCCCC(=O)[C@@H](O)CO. The van der Waals surface area contributed by atoms with Crippen molar-refractivity contribution in [3.05, 3.63) is 0 Å². The normalized spacial score (nSPS) is 11.8. The second-order valence-corrected chi connectivity index (χ2v) is 6.52. The number of nitrogens with one attached hydrogen (secondary N) is 1. The van der Waals surface area contributed by atoms with Gasteiger partial charge in [0.1, 0.15) is 6.10 Å². The third-order valence-corrected chi connectivity index (χ3v) is 4.23. The number of hydrogen-bond donors (Lipinski definition) is 3. The molecule has 0 saturated heterocycles. The molecule has 7 nitrogen and oxygen atoms in total. The predicted molar refractivity (Wildman–Crippen MR) is 98.5 cm³/mol. The quantitative estimate of drug-likeness (QED) is 0.265. The molecular formula is C19H35NO6. The van der Waals surface area contributed by atoms with Crippen LogP contribution in [0.1, 0.15) is 77.0 Å². The molecule has 3 N–H and O–H groups in total. The van der Waals surface area contributed by atoms with E-state index in [0.717, 1.165) is 51.4 Å². The second kappa shape index (κ2) is 17.0. The van der Waals surface area contributed by atoms with Gasteiger partial charge in [-0.2, -0.15) is 0 Å². The smallest absolute Gasteiger partial charge is 0.305 e. The van der Waals surface area contributed by atoms with Crippen LogP contribution in [0.5, 0.6) is 0 Å². The van der Waals surface area contributed by atoms with E-state index in [1.54, 1.807) is 0 Å². The maximum atomic E-state index is 11.6. The van der Waals surface area contributed by atoms with Crippen molar-refractivity contribution in [2.45, 2.75) is 83.2 Å². The van der Waals surface area contributed by atoms with Gasteiger partial charge < -0.3 is 20.3 Å². The lowest BCUT2D eigenvalue weighted by Crippen LogP contribution is -2.27. The van der Waals surface area contributed by atoms with E-state index in [0.29, 0.717) is 25.8 Å². The largest absolute Gasteiger partial charge is 0.469 e. The van der Waals surface area contributed by atoms with Crippen LogP contribution in [0, 0.1) is 0 Å². The molecule has 0 aromatic rings. The van der Waals surface area contributed by atoms with Crippen molar-refractivity contribution in [2.75, 3.05) is 20.3 Å². The molecule has 152 valence electrons. The first kappa shape index (κ1) is 24.5. The molecule has 0 aliphatic carbocycles. The van der Waals surface area contributed by atoms with Gasteiger partial charge in [0.05, 0.1) is 13.7 Å². The van der Waals surface area contributed by atoms with Crippen molar-refractivity contribution in [1.29, 1.82) is 0 Å². The fraction of sp³-hybridized carbons (Fsp3) is 0.842. The zero-order chi connectivity index (χ0) is 19.6. The van der Waals surface area contributed by atoms with E-state index >= 15 is 0 Å². The summed E-state index contributed by atoms with van der Waals surface area (Å²) < 4.78 is 4.59. The molecule has 1 atom stereocenters. The van der Waals surface area contributed by atoms with Gasteiger partial charge in [0.15, 0.2) is 5.78 Å². The van der Waals surface area contributed by atoms with Gasteiger partial charge in [0, 0.05) is 25.8 Å². The number of esters is 1. The number of carbonyl (C=O) groups excluding carboxylic acids is 3. The van der Waals surface area contributed by atoms with E-state index < -0.39 is 18.5 Å². The number of unbranched alkanes of at least 4 members (excludes halogenated alkanes) is 7. The van der Waals surface area contributed by atoms with Gasteiger partial charge in [0.25, 0.3) is 0 Å². The highest BCUT2D eigenvalue weighted by molar-refractivity contribution is 5.83. The van der Waals surface area contributed by atoms with E-state index in [2.05, 4.69) is 10.1 Å². The minimum Gasteiger partial charge on any atom is -0.469 e. The molecule has 0 aliphatic rings. The number of aliphatic hydroxyl groups excluding tert-OH is 2. The Labute approximate surface area is 156 Å². The van der Waals surface area contributed by atoms with Gasteiger partial charge in [0.2, 0.25) is 5.91 Å². The summed E-state index contributed by atoms with van der Waals surface area (Å²) in [5.41, 5.74) is 0. The fourth-order valence-corrected chi connectivity index (χ4v) is 2.56. The predicted octanol–water partition coefficient (Wildman–Crippen LogP) is 1.88. The van der Waals surface area contributed by atoms with Crippen LogP contribution in [-0.4, -0.2) is 54.2 Å². The van der Waals surface area contributed by atoms with Crippen LogP contribution in [0.3, 0.4) is 0 Å². The summed E-state index contributed by atoms with van der Waals surface area (Å²) in [6, 6.07) is 0. The third-order valence-electron chi connectivity index (χ3n) is 4.23. The van der Waals surface area contributed by atoms with Gasteiger partial charge in [-0.15, -0.1) is 0 Å². The standard InChI is InChI=1S/C19H35NO6/c1-26-19(25)13-9-7-5-3-2-4-6-8-12-18(24)20-14-10-11-16(22)17(23)15-21/h17,21,23H,2-15H2,1H3,(H,20,24)/t17-/m0/s1. The molecule has 0 heterocycles. The number of methoxy groups -OCH3 is 1. The molecule has 7 heteroatoms. The second-order valence-electron chi connectivity index (χ2n) is 6.52. The van der Waals surface area contributed by atoms with Crippen LogP contribution in [0.2, 0.25) is 0 Å². The number of amides is 1. The number of hydrogen-bond acceptors (Lipinski definition) is 6. The maximum absolute atomic E-state index is 11.6. The number of carbonyl (C=O) groups is 3. The molecule has 0 fully saturated rings. The average Bonchev–Trinajstić information content (AvgIpc) is 2.65. The van der Waals surface area contributed by atoms with E-state index in [1.165, 1.54) is 7.11 Å². The Kier molecular flexibility index (Phi) is 16.0. The Bertz CT molecular complexity index is 399. The van der Waals surface area contributed by atoms with Gasteiger partial charge in [-0.1, -0.05) is 38.5 Å². The Hall–Kier alpha value is -1.47. The first-order chi connectivity index (χ1) is 12.5. The molecule has 0 saturated carbocycles. The first-order valence-electron chi connectivity index (χ1n) is 9.66. The van der Waals surface area contributed by atoms with E-state index in [1.807, 2.05) is 0 Å². The van der Waals surface area contributed by atoms with Crippen LogP contribution in [-0.2, 0) is 19.1 Å². The van der Waals surface area contributed by atoms with Gasteiger partial charge >= 0.3 is 5.97 Å². The van der Waals surface area contributed by atoms with Crippen molar-refractivity contribution in [3.8, 4) is 0 Å². The molecule has 0 radical (unpaired) electrons. The topological polar surface area (TPSA) is 113 Å². The van der Waals surface area contributed by atoms with Crippen molar-refractivity contribution in [2.24, 2.45) is 0 Å². The molecule has 0 aliphatic heterocycles. The van der Waals surface area contributed by atoms with Crippen LogP contribution < -0.4 is 5.32 Å². The van der Waals surface area contributed by atoms with Crippen LogP contribution >= 0.6 is 0 Å². The molecule has 0 spiro atoms. The highest BCUT2D eigenvalue weighted by atomic mass is 16.5. The summed E-state index contributed by atoms with van der Waals surface area (Å²) in [4.78, 5) is 33.9. The fourth-order valence-electron chi connectivity index (χ4n) is 2.56. The summed E-state index contributed by atoms with van der Waals surface area (Å²) >= 11 is 0. The minimum atomic E-state index is -1.31. The molecule has 0 bridgehead atoms. The van der Waals surface area contributed by atoms with Crippen molar-refractivity contribution in [3.63, 3.8) is 0 Å². The lowest BCUT2D eigenvalue weighted by molar-refractivity contribution is -0.140. The van der Waals surface area contributed by atoms with Crippen molar-refractivity contribution in [1.82, 2.24) is 5.32 Å². The summed E-state index contributed by atoms with van der Waals surface area (Å²) in [7, 11) is 1.41. The van der Waals surface area contributed by atoms with E-state index in [9.17, 15) is 14.4 Å². The van der Waals surface area contributed by atoms with E-state index in [-0.39, 0.29) is 18.3 Å². The van der Waals surface area contributed by atoms with Gasteiger partial charge in [-0.05, 0) is 19.3 Å². The highest BCUT2D eigenvalue weighted by Gasteiger charge is 2.12. The van der Waals surface area contributed by atoms with E-state index in [4.69, 9.17) is 10.2 Å². The average molecular weight is 373 g/mol. The Morgan fingerprint density at radius 2 is 1.38 bits per heavy atom. The molecule has 0 aromatic carbocycles. The van der Waals surface area contributed by atoms with Gasteiger partial charge in [-0.25, -0.2) is 0 Å². The molecule has 0 aromatic heterocycles. The summed E-state index contributed by atoms with van der Waals surface area (Å²) in [6.45, 7) is -0.146. The number of ether oxygens (including phenoxy) is 1. The van der Waals surface area contributed by atoms with Crippen molar-refractivity contribution < 1.29 is 29.3 Å². The van der Waals surface area contributed by atoms with Crippen molar-refractivity contribution >= 4 is 17.7 Å². The highest BCUT2D eigenvalue weighted by Crippen LogP contribution is 2.10. The zero-order valence-electron chi connectivity index (χ0n) is 16.0. The van der Waals surface area contributed by atoms with Gasteiger partial charge in [-0.3, -0.25) is 14.4 Å². The Morgan fingerprint density at radius 1 is 0.846 bits per heavy atom. The zero-order valence-corrected chi connectivity index (χ0v) is 16.0. The van der Waals surface area contributed by atoms with Crippen LogP contribution in [0.25, 0.3) is 0 Å². The monoisotopic (exact) mass is 373 g/mol. The summed E-state index contributed by atoms with van der Waals surface area (Å²) in [6.07, 6.45) is 8.67. The number of Topliss-reactive ketones (excluding diaryl/α,β-unsaturated/α-hetero) is 1. The molecule has 1 amide bonds. The number of rotatable bonds is 17. The number of ketones is 1. The lowest BCUT2D eigenvalue weighted by Gasteiger charge is -2.07. The summed E-state index contributed by atoms with van der Waals surface area (Å²) in [5.74, 6) is -0.548. The third kappa shape index (κ3) is 14.8. The van der Waals surface area contributed by atoms with Crippen LogP contribution in [0.15, 0.2) is 0 Å². The molecule has 26 heavy (non-hydrogen) atoms. The lowest BCUT2D eigenvalue weighted by atomic mass is 10.1. The van der Waals surface area contributed by atoms with Crippen LogP contribution in [0.4, 0.5) is 0 Å². The first-order valence-corrected chi connectivity index (χ1v) is 9.66. The molecule has 0 unspecified atom stereocenters. The molecule has 0 rings (SSSR count).